The molecule has 2 aromatic rings. The van der Waals surface area contributed by atoms with Crippen LogP contribution in [0.15, 0.2) is 36.7 Å². The van der Waals surface area contributed by atoms with Crippen LogP contribution in [0.2, 0.25) is 0 Å². The minimum atomic E-state index is -4.35. The molecule has 9 heteroatoms. The molecule has 1 amide bonds. The van der Waals surface area contributed by atoms with Crippen molar-refractivity contribution >= 4 is 17.6 Å². The molecular formula is C21H20F3N3O3. The van der Waals surface area contributed by atoms with Crippen LogP contribution in [0.1, 0.15) is 33.5 Å². The lowest BCUT2D eigenvalue weighted by Crippen LogP contribution is -2.41. The molecule has 6 nitrogen and oxygen atoms in total. The van der Waals surface area contributed by atoms with Gasteiger partial charge in [-0.3, -0.25) is 19.5 Å². The molecular weight excluding hydrogens is 399 g/mol. The number of hydrogen-bond donors (Lipinski definition) is 1. The first kappa shape index (κ1) is 20.3. The zero-order chi connectivity index (χ0) is 21.3. The number of fused-ring (bicyclic) bond motifs is 1. The van der Waals surface area contributed by atoms with E-state index in [-0.39, 0.29) is 23.3 Å². The quantitative estimate of drug-likeness (QED) is 0.772. The number of benzene rings is 1. The first-order valence-corrected chi connectivity index (χ1v) is 9.63. The number of nitrogens with zero attached hydrogens (tertiary/aromatic N) is 2. The molecule has 1 unspecified atom stereocenters. The third kappa shape index (κ3) is 4.62. The van der Waals surface area contributed by atoms with Crippen LogP contribution in [0, 0.1) is 0 Å². The fourth-order valence-electron chi connectivity index (χ4n) is 3.89. The number of rotatable bonds is 4. The van der Waals surface area contributed by atoms with Crippen molar-refractivity contribution in [3.63, 3.8) is 0 Å². The average Bonchev–Trinajstić information content (AvgIpc) is 3.12. The summed E-state index contributed by atoms with van der Waals surface area (Å²) in [7, 11) is 0. The molecule has 1 aromatic heterocycles. The van der Waals surface area contributed by atoms with Crippen molar-refractivity contribution < 1.29 is 27.5 Å². The lowest BCUT2D eigenvalue weighted by atomic mass is 9.96. The molecule has 2 aliphatic heterocycles. The molecule has 1 atom stereocenters. The zero-order valence-electron chi connectivity index (χ0n) is 16.0. The van der Waals surface area contributed by atoms with Gasteiger partial charge < -0.3 is 10.1 Å². The standard InChI is InChI=1S/C21H20F3N3O3/c22-21(23,24)9-13-7-17(11-25-10-13)26-19(28)15-2-1-14-3-5-27(12-16(14)8-15)18-4-6-30-20(18)29/h1-2,7-8,10-11,18H,3-6,9,12H2,(H,26,28). The molecule has 0 bridgehead atoms. The van der Waals surface area contributed by atoms with E-state index in [4.69, 9.17) is 4.74 Å². The van der Waals surface area contributed by atoms with Crippen molar-refractivity contribution in [2.75, 3.05) is 18.5 Å². The molecule has 0 aliphatic carbocycles. The van der Waals surface area contributed by atoms with Crippen LogP contribution in [0.3, 0.4) is 0 Å². The third-order valence-electron chi connectivity index (χ3n) is 5.32. The number of esters is 1. The highest BCUT2D eigenvalue weighted by Gasteiger charge is 2.34. The van der Waals surface area contributed by atoms with Gasteiger partial charge in [-0.2, -0.15) is 13.2 Å². The highest BCUT2D eigenvalue weighted by atomic mass is 19.4. The van der Waals surface area contributed by atoms with E-state index in [0.717, 1.165) is 30.3 Å². The Balaban J connectivity index is 1.47. The van der Waals surface area contributed by atoms with E-state index in [1.807, 2.05) is 6.07 Å². The number of alkyl halides is 3. The summed E-state index contributed by atoms with van der Waals surface area (Å²) < 4.78 is 42.8. The highest BCUT2D eigenvalue weighted by Crippen LogP contribution is 2.26. The van der Waals surface area contributed by atoms with E-state index >= 15 is 0 Å². The molecule has 30 heavy (non-hydrogen) atoms. The number of pyridine rings is 1. The Labute approximate surface area is 171 Å². The summed E-state index contributed by atoms with van der Waals surface area (Å²) in [6.45, 7) is 1.71. The largest absolute Gasteiger partial charge is 0.464 e. The summed E-state index contributed by atoms with van der Waals surface area (Å²) in [5.41, 5.74) is 2.64. The number of aromatic nitrogens is 1. The van der Waals surface area contributed by atoms with Crippen LogP contribution in [-0.2, 0) is 28.9 Å². The molecule has 4 rings (SSSR count). The lowest BCUT2D eigenvalue weighted by molar-refractivity contribution is -0.142. The van der Waals surface area contributed by atoms with Gasteiger partial charge in [0, 0.05) is 31.3 Å². The monoisotopic (exact) mass is 419 g/mol. The fraction of sp³-hybridized carbons (Fsp3) is 0.381. The number of amides is 1. The maximum Gasteiger partial charge on any atom is 0.393 e. The highest BCUT2D eigenvalue weighted by molar-refractivity contribution is 6.04. The lowest BCUT2D eigenvalue weighted by Gasteiger charge is -2.31. The summed E-state index contributed by atoms with van der Waals surface area (Å²) in [5, 5.41) is 2.61. The number of anilines is 1. The Hall–Kier alpha value is -2.94. The first-order valence-electron chi connectivity index (χ1n) is 9.63. The number of hydrogen-bond acceptors (Lipinski definition) is 5. The second-order valence-corrected chi connectivity index (χ2v) is 7.50. The van der Waals surface area contributed by atoms with Gasteiger partial charge in [-0.05, 0) is 41.3 Å². The van der Waals surface area contributed by atoms with Crippen LogP contribution in [-0.4, -0.2) is 47.1 Å². The number of carbonyl (C=O) groups excluding carboxylic acids is 2. The molecule has 3 heterocycles. The summed E-state index contributed by atoms with van der Waals surface area (Å²) in [5.74, 6) is -0.639. The van der Waals surface area contributed by atoms with Gasteiger partial charge in [0.1, 0.15) is 6.04 Å². The van der Waals surface area contributed by atoms with Gasteiger partial charge in [0.15, 0.2) is 0 Å². The SMILES string of the molecule is O=C(Nc1cncc(CC(F)(F)F)c1)c1ccc2c(c1)CN(C1CCOC1=O)CC2. The summed E-state index contributed by atoms with van der Waals surface area (Å²) in [6.07, 6.45) is -1.59. The summed E-state index contributed by atoms with van der Waals surface area (Å²) in [4.78, 5) is 30.4. The topological polar surface area (TPSA) is 71.5 Å². The van der Waals surface area contributed by atoms with Crippen LogP contribution in [0.5, 0.6) is 0 Å². The fourth-order valence-corrected chi connectivity index (χ4v) is 3.89. The van der Waals surface area contributed by atoms with Crippen molar-refractivity contribution in [3.8, 4) is 0 Å². The third-order valence-corrected chi connectivity index (χ3v) is 5.32. The Morgan fingerprint density at radius 2 is 2.07 bits per heavy atom. The van der Waals surface area contributed by atoms with Crippen molar-refractivity contribution in [2.24, 2.45) is 0 Å². The molecule has 1 N–H and O–H groups in total. The van der Waals surface area contributed by atoms with E-state index in [0.29, 0.717) is 25.1 Å². The second kappa shape index (κ2) is 8.06. The predicted octanol–water partition coefficient (Wildman–Crippen LogP) is 3.11. The molecule has 2 aliphatic rings. The number of ether oxygens (including phenoxy) is 1. The van der Waals surface area contributed by atoms with Gasteiger partial charge in [0.25, 0.3) is 5.91 Å². The molecule has 1 fully saturated rings. The van der Waals surface area contributed by atoms with Crippen LogP contribution in [0.25, 0.3) is 0 Å². The van der Waals surface area contributed by atoms with E-state index in [1.54, 1.807) is 12.1 Å². The van der Waals surface area contributed by atoms with E-state index in [2.05, 4.69) is 15.2 Å². The molecule has 0 radical (unpaired) electrons. The van der Waals surface area contributed by atoms with E-state index < -0.39 is 18.5 Å². The summed E-state index contributed by atoms with van der Waals surface area (Å²) >= 11 is 0. The number of halogens is 3. The van der Waals surface area contributed by atoms with Crippen LogP contribution in [0.4, 0.5) is 18.9 Å². The molecule has 0 saturated carbocycles. The number of carbonyl (C=O) groups is 2. The van der Waals surface area contributed by atoms with Crippen molar-refractivity contribution in [1.29, 1.82) is 0 Å². The summed E-state index contributed by atoms with van der Waals surface area (Å²) in [6, 6.07) is 6.36. The van der Waals surface area contributed by atoms with Crippen LogP contribution >= 0.6 is 0 Å². The minimum absolute atomic E-state index is 0.0233. The van der Waals surface area contributed by atoms with Gasteiger partial charge in [-0.15, -0.1) is 0 Å². The molecule has 0 spiro atoms. The van der Waals surface area contributed by atoms with E-state index in [1.165, 1.54) is 12.3 Å². The first-order chi connectivity index (χ1) is 14.3. The second-order valence-electron chi connectivity index (χ2n) is 7.50. The molecule has 1 saturated heterocycles. The van der Waals surface area contributed by atoms with E-state index in [9.17, 15) is 22.8 Å². The Morgan fingerprint density at radius 3 is 2.80 bits per heavy atom. The van der Waals surface area contributed by atoms with Gasteiger partial charge in [0.05, 0.1) is 24.9 Å². The van der Waals surface area contributed by atoms with Gasteiger partial charge in [-0.1, -0.05) is 6.07 Å². The maximum absolute atomic E-state index is 12.6. The van der Waals surface area contributed by atoms with Gasteiger partial charge in [0.2, 0.25) is 0 Å². The van der Waals surface area contributed by atoms with Crippen molar-refractivity contribution in [3.05, 3.63) is 58.9 Å². The molecule has 158 valence electrons. The average molecular weight is 419 g/mol. The van der Waals surface area contributed by atoms with Crippen molar-refractivity contribution in [2.45, 2.75) is 38.0 Å². The van der Waals surface area contributed by atoms with Gasteiger partial charge >= 0.3 is 12.1 Å². The zero-order valence-corrected chi connectivity index (χ0v) is 16.0. The number of nitrogens with one attached hydrogen (secondary N) is 1. The van der Waals surface area contributed by atoms with Crippen LogP contribution < -0.4 is 5.32 Å². The Bertz CT molecular complexity index is 977. The Morgan fingerprint density at radius 1 is 1.23 bits per heavy atom. The number of cyclic esters (lactones) is 1. The minimum Gasteiger partial charge on any atom is -0.464 e. The van der Waals surface area contributed by atoms with Crippen molar-refractivity contribution in [1.82, 2.24) is 9.88 Å². The maximum atomic E-state index is 12.6. The normalized spacial score (nSPS) is 19.3. The van der Waals surface area contributed by atoms with Gasteiger partial charge in [-0.25, -0.2) is 0 Å². The Kier molecular flexibility index (Phi) is 5.46. The smallest absolute Gasteiger partial charge is 0.393 e. The molecule has 1 aromatic carbocycles. The predicted molar refractivity (Wildman–Crippen MR) is 102 cm³/mol.